The fourth-order valence-electron chi connectivity index (χ4n) is 2.86. The molecule has 1 aromatic carbocycles. The molecule has 4 N–H and O–H groups in total. The zero-order chi connectivity index (χ0) is 17.8. The maximum absolute atomic E-state index is 12.3. The van der Waals surface area contributed by atoms with E-state index in [0.717, 1.165) is 31.1 Å². The Morgan fingerprint density at radius 1 is 1.26 bits per heavy atom. The van der Waals surface area contributed by atoms with Gasteiger partial charge in [-0.25, -0.2) is 8.42 Å². The van der Waals surface area contributed by atoms with Crippen LogP contribution < -0.4 is 11.5 Å². The Morgan fingerprint density at radius 3 is 2.30 bits per heavy atom. The summed E-state index contributed by atoms with van der Waals surface area (Å²) in [5.41, 5.74) is 11.8. The van der Waals surface area contributed by atoms with Gasteiger partial charge in [0.1, 0.15) is 0 Å². The van der Waals surface area contributed by atoms with Crippen molar-refractivity contribution in [2.24, 2.45) is 16.5 Å². The second kappa shape index (κ2) is 7.59. The Labute approximate surface area is 137 Å². The van der Waals surface area contributed by atoms with E-state index in [-0.39, 0.29) is 22.3 Å². The Bertz CT molecular complexity index is 720. The highest BCUT2D eigenvalue weighted by Gasteiger charge is 2.25. The van der Waals surface area contributed by atoms with E-state index in [0.29, 0.717) is 5.56 Å². The first-order valence-corrected chi connectivity index (χ1v) is 9.50. The molecule has 0 bridgehead atoms. The summed E-state index contributed by atoms with van der Waals surface area (Å²) in [7, 11) is -3.49. The standard InChI is InChI=1S/C16H25N3O3S/c1-5-7-11(6-2)13-9-8-12(15(20)19-16(17)18)10(3)14(13)23(4,21)22/h8-9,11H,5-7H2,1-4H3,(H4,17,18,19,20). The number of nitrogens with two attached hydrogens (primary N) is 2. The minimum absolute atomic E-state index is 0.135. The van der Waals surface area contributed by atoms with Crippen LogP contribution in [-0.2, 0) is 9.84 Å². The number of hydrogen-bond donors (Lipinski definition) is 2. The Morgan fingerprint density at radius 2 is 1.87 bits per heavy atom. The Balaban J connectivity index is 3.62. The van der Waals surface area contributed by atoms with Gasteiger partial charge in [0.2, 0.25) is 0 Å². The first-order chi connectivity index (χ1) is 10.6. The van der Waals surface area contributed by atoms with E-state index >= 15 is 0 Å². The Hall–Kier alpha value is -1.89. The minimum atomic E-state index is -3.49. The van der Waals surface area contributed by atoms with E-state index in [1.54, 1.807) is 19.1 Å². The van der Waals surface area contributed by atoms with Crippen molar-refractivity contribution in [3.8, 4) is 0 Å². The van der Waals surface area contributed by atoms with Crippen molar-refractivity contribution in [2.45, 2.75) is 50.8 Å². The second-order valence-corrected chi connectivity index (χ2v) is 7.62. The summed E-state index contributed by atoms with van der Waals surface area (Å²) >= 11 is 0. The number of hydrogen-bond acceptors (Lipinski definition) is 3. The molecule has 0 spiro atoms. The molecule has 0 aliphatic carbocycles. The van der Waals surface area contributed by atoms with Gasteiger partial charge in [0.25, 0.3) is 5.91 Å². The van der Waals surface area contributed by atoms with E-state index in [1.165, 1.54) is 0 Å². The summed E-state index contributed by atoms with van der Waals surface area (Å²) < 4.78 is 24.6. The lowest BCUT2D eigenvalue weighted by molar-refractivity contribution is 0.100. The molecule has 0 aliphatic heterocycles. The highest BCUT2D eigenvalue weighted by Crippen LogP contribution is 2.34. The molecule has 0 aliphatic rings. The van der Waals surface area contributed by atoms with Crippen LogP contribution >= 0.6 is 0 Å². The smallest absolute Gasteiger partial charge is 0.280 e. The molecule has 6 nitrogen and oxygen atoms in total. The van der Waals surface area contributed by atoms with Crippen LogP contribution in [-0.4, -0.2) is 26.5 Å². The minimum Gasteiger partial charge on any atom is -0.370 e. The first-order valence-electron chi connectivity index (χ1n) is 7.60. The molecular weight excluding hydrogens is 314 g/mol. The summed E-state index contributed by atoms with van der Waals surface area (Å²) in [5, 5.41) is 0. The van der Waals surface area contributed by atoms with Crippen molar-refractivity contribution in [2.75, 3.05) is 6.26 Å². The Kier molecular flexibility index (Phi) is 6.32. The van der Waals surface area contributed by atoms with Gasteiger partial charge in [0.15, 0.2) is 15.8 Å². The van der Waals surface area contributed by atoms with Crippen LogP contribution in [0, 0.1) is 6.92 Å². The molecule has 1 amide bonds. The van der Waals surface area contributed by atoms with E-state index in [9.17, 15) is 13.2 Å². The molecule has 0 saturated carbocycles. The average Bonchev–Trinajstić information content (AvgIpc) is 2.42. The van der Waals surface area contributed by atoms with Gasteiger partial charge < -0.3 is 11.5 Å². The van der Waals surface area contributed by atoms with Crippen molar-refractivity contribution >= 4 is 21.7 Å². The maximum atomic E-state index is 12.3. The molecule has 128 valence electrons. The first kappa shape index (κ1) is 19.2. The summed E-state index contributed by atoms with van der Waals surface area (Å²) in [4.78, 5) is 15.8. The normalized spacial score (nSPS) is 12.7. The molecule has 1 aromatic rings. The van der Waals surface area contributed by atoms with Gasteiger partial charge in [-0.3, -0.25) is 4.79 Å². The van der Waals surface area contributed by atoms with Gasteiger partial charge >= 0.3 is 0 Å². The van der Waals surface area contributed by atoms with Crippen molar-refractivity contribution in [1.29, 1.82) is 0 Å². The van der Waals surface area contributed by atoms with Gasteiger partial charge in [0.05, 0.1) is 4.90 Å². The van der Waals surface area contributed by atoms with Crippen LogP contribution in [0.5, 0.6) is 0 Å². The molecule has 0 heterocycles. The van der Waals surface area contributed by atoms with Crippen LogP contribution in [0.3, 0.4) is 0 Å². The number of nitrogens with zero attached hydrogens (tertiary/aromatic N) is 1. The molecule has 23 heavy (non-hydrogen) atoms. The zero-order valence-corrected chi connectivity index (χ0v) is 14.9. The monoisotopic (exact) mass is 339 g/mol. The van der Waals surface area contributed by atoms with Gasteiger partial charge in [-0.05, 0) is 42.9 Å². The molecule has 0 saturated heterocycles. The van der Waals surface area contributed by atoms with Crippen LogP contribution in [0.25, 0.3) is 0 Å². The van der Waals surface area contributed by atoms with Gasteiger partial charge in [-0.15, -0.1) is 0 Å². The number of benzene rings is 1. The number of rotatable bonds is 6. The number of sulfone groups is 1. The number of carbonyl (C=O) groups is 1. The van der Waals surface area contributed by atoms with Gasteiger partial charge in [-0.1, -0.05) is 26.3 Å². The largest absolute Gasteiger partial charge is 0.370 e. The quantitative estimate of drug-likeness (QED) is 0.608. The number of carbonyl (C=O) groups excluding carboxylic acids is 1. The highest BCUT2D eigenvalue weighted by atomic mass is 32.2. The summed E-state index contributed by atoms with van der Waals surface area (Å²) in [6.45, 7) is 5.71. The van der Waals surface area contributed by atoms with Gasteiger partial charge in [-0.2, -0.15) is 4.99 Å². The predicted molar refractivity (Wildman–Crippen MR) is 92.4 cm³/mol. The average molecular weight is 339 g/mol. The SMILES string of the molecule is CCCC(CC)c1ccc(C(=O)N=C(N)N)c(C)c1S(C)(=O)=O. The fourth-order valence-corrected chi connectivity index (χ4v) is 4.19. The third kappa shape index (κ3) is 4.54. The molecule has 1 rings (SSSR count). The molecule has 0 fully saturated rings. The second-order valence-electron chi connectivity index (χ2n) is 5.66. The number of aliphatic imine (C=N–C) groups is 1. The lowest BCUT2D eigenvalue weighted by Crippen LogP contribution is -2.24. The van der Waals surface area contributed by atoms with Gasteiger partial charge in [0, 0.05) is 11.8 Å². The molecular formula is C16H25N3O3S. The summed E-state index contributed by atoms with van der Waals surface area (Å²) in [5.74, 6) is -0.852. The molecule has 1 atom stereocenters. The van der Waals surface area contributed by atoms with Crippen LogP contribution in [0.4, 0.5) is 0 Å². The summed E-state index contributed by atoms with van der Waals surface area (Å²) in [6, 6.07) is 3.31. The van der Waals surface area contributed by atoms with Crippen molar-refractivity contribution in [3.05, 3.63) is 28.8 Å². The molecule has 0 radical (unpaired) electrons. The van der Waals surface area contributed by atoms with E-state index in [2.05, 4.69) is 11.9 Å². The van der Waals surface area contributed by atoms with Crippen LogP contribution in [0.15, 0.2) is 22.0 Å². The lowest BCUT2D eigenvalue weighted by atomic mass is 9.89. The molecule has 1 unspecified atom stereocenters. The van der Waals surface area contributed by atoms with Crippen molar-refractivity contribution in [3.63, 3.8) is 0 Å². The van der Waals surface area contributed by atoms with E-state index in [1.807, 2.05) is 6.92 Å². The zero-order valence-electron chi connectivity index (χ0n) is 14.1. The van der Waals surface area contributed by atoms with Crippen LogP contribution in [0.1, 0.15) is 60.5 Å². The van der Waals surface area contributed by atoms with E-state index < -0.39 is 15.7 Å². The van der Waals surface area contributed by atoms with Crippen molar-refractivity contribution < 1.29 is 13.2 Å². The lowest BCUT2D eigenvalue weighted by Gasteiger charge is -2.20. The predicted octanol–water partition coefficient (Wildman–Crippen LogP) is 2.11. The third-order valence-corrected chi connectivity index (χ3v) is 5.12. The fraction of sp³-hybridized carbons (Fsp3) is 0.500. The topological polar surface area (TPSA) is 116 Å². The van der Waals surface area contributed by atoms with Crippen LogP contribution in [0.2, 0.25) is 0 Å². The number of amides is 1. The summed E-state index contributed by atoms with van der Waals surface area (Å²) in [6.07, 6.45) is 3.83. The van der Waals surface area contributed by atoms with Crippen molar-refractivity contribution in [1.82, 2.24) is 0 Å². The highest BCUT2D eigenvalue weighted by molar-refractivity contribution is 7.90. The molecule has 0 aromatic heterocycles. The third-order valence-electron chi connectivity index (χ3n) is 3.84. The number of guanidine groups is 1. The molecule has 7 heteroatoms. The van der Waals surface area contributed by atoms with E-state index in [4.69, 9.17) is 11.5 Å². The maximum Gasteiger partial charge on any atom is 0.280 e.